The average Bonchev–Trinajstić information content (AvgIpc) is 2.07. The van der Waals surface area contributed by atoms with Gasteiger partial charge in [-0.15, -0.1) is 0 Å². The zero-order valence-corrected chi connectivity index (χ0v) is 8.06. The van der Waals surface area contributed by atoms with E-state index in [9.17, 15) is 4.79 Å². The van der Waals surface area contributed by atoms with Crippen LogP contribution in [0.15, 0.2) is 24.8 Å². The molecule has 0 fully saturated rings. The molecule has 1 heterocycles. The first-order valence-electron chi connectivity index (χ1n) is 3.88. The Hall–Kier alpha value is -1.45. The van der Waals surface area contributed by atoms with Gasteiger partial charge in [0.2, 0.25) is 0 Å². The lowest BCUT2D eigenvalue weighted by Crippen LogP contribution is -2.18. The second-order valence-electron chi connectivity index (χ2n) is 3.45. The minimum absolute atomic E-state index is 0.583. The van der Waals surface area contributed by atoms with Gasteiger partial charge in [0.1, 0.15) is 0 Å². The molecule has 1 aromatic rings. The van der Waals surface area contributed by atoms with Gasteiger partial charge in [0.05, 0.1) is 5.41 Å². The van der Waals surface area contributed by atoms with Crippen LogP contribution in [-0.4, -0.2) is 21.0 Å². The third-order valence-corrected chi connectivity index (χ3v) is 1.12. The molecule has 13 heavy (non-hydrogen) atoms. The molecule has 0 aliphatic heterocycles. The Balaban J connectivity index is 0.000000223. The van der Waals surface area contributed by atoms with Crippen LogP contribution in [-0.2, 0) is 4.79 Å². The van der Waals surface area contributed by atoms with Gasteiger partial charge in [-0.3, -0.25) is 14.8 Å². The fourth-order valence-corrected chi connectivity index (χ4v) is 0.253. The SMILES string of the molecule is CC(C)(C)C(=O)O.c1cnccn1. The van der Waals surface area contributed by atoms with Gasteiger partial charge in [-0.25, -0.2) is 0 Å². The van der Waals surface area contributed by atoms with Crippen molar-refractivity contribution in [3.05, 3.63) is 24.8 Å². The lowest BCUT2D eigenvalue weighted by molar-refractivity contribution is -0.145. The largest absolute Gasteiger partial charge is 0.481 e. The molecule has 0 saturated carbocycles. The highest BCUT2D eigenvalue weighted by Crippen LogP contribution is 2.11. The molecule has 0 aromatic carbocycles. The van der Waals surface area contributed by atoms with Crippen molar-refractivity contribution in [2.45, 2.75) is 20.8 Å². The molecule has 1 N–H and O–H groups in total. The van der Waals surface area contributed by atoms with E-state index in [-0.39, 0.29) is 0 Å². The van der Waals surface area contributed by atoms with Crippen molar-refractivity contribution in [1.82, 2.24) is 9.97 Å². The summed E-state index contributed by atoms with van der Waals surface area (Å²) < 4.78 is 0. The Kier molecular flexibility index (Phi) is 4.66. The third-order valence-electron chi connectivity index (χ3n) is 1.12. The number of hydrogen-bond acceptors (Lipinski definition) is 3. The highest BCUT2D eigenvalue weighted by Gasteiger charge is 2.18. The summed E-state index contributed by atoms with van der Waals surface area (Å²) in [5.74, 6) is -0.757. The highest BCUT2D eigenvalue weighted by atomic mass is 16.4. The lowest BCUT2D eigenvalue weighted by atomic mass is 9.98. The molecular weight excluding hydrogens is 168 g/mol. The van der Waals surface area contributed by atoms with Gasteiger partial charge in [0.25, 0.3) is 0 Å². The van der Waals surface area contributed by atoms with Crippen LogP contribution in [0.3, 0.4) is 0 Å². The van der Waals surface area contributed by atoms with E-state index in [1.165, 1.54) is 0 Å². The smallest absolute Gasteiger partial charge is 0.308 e. The molecule has 0 unspecified atom stereocenters. The highest BCUT2D eigenvalue weighted by molar-refractivity contribution is 5.72. The van der Waals surface area contributed by atoms with Crippen LogP contribution in [0.2, 0.25) is 0 Å². The molecular formula is C9H14N2O2. The summed E-state index contributed by atoms with van der Waals surface area (Å²) in [6, 6.07) is 0. The van der Waals surface area contributed by atoms with E-state index in [2.05, 4.69) is 9.97 Å². The molecule has 72 valence electrons. The molecule has 4 heteroatoms. The zero-order valence-electron chi connectivity index (χ0n) is 8.06. The molecule has 0 amide bonds. The van der Waals surface area contributed by atoms with Crippen molar-refractivity contribution in [3.8, 4) is 0 Å². The van der Waals surface area contributed by atoms with E-state index in [1.807, 2.05) is 0 Å². The minimum Gasteiger partial charge on any atom is -0.481 e. The van der Waals surface area contributed by atoms with Crippen molar-refractivity contribution < 1.29 is 9.90 Å². The quantitative estimate of drug-likeness (QED) is 0.661. The van der Waals surface area contributed by atoms with Crippen molar-refractivity contribution in [3.63, 3.8) is 0 Å². The molecule has 0 atom stereocenters. The maximum atomic E-state index is 10.0. The summed E-state index contributed by atoms with van der Waals surface area (Å²) in [4.78, 5) is 17.5. The van der Waals surface area contributed by atoms with E-state index < -0.39 is 11.4 Å². The Labute approximate surface area is 77.7 Å². The molecule has 0 saturated heterocycles. The van der Waals surface area contributed by atoms with E-state index in [1.54, 1.807) is 45.6 Å². The Morgan fingerprint density at radius 2 is 1.31 bits per heavy atom. The summed E-state index contributed by atoms with van der Waals surface area (Å²) in [5.41, 5.74) is -0.583. The predicted octanol–water partition coefficient (Wildman–Crippen LogP) is 1.59. The van der Waals surface area contributed by atoms with Crippen LogP contribution in [0.5, 0.6) is 0 Å². The first-order chi connectivity index (χ1) is 5.94. The van der Waals surface area contributed by atoms with Crippen molar-refractivity contribution in [2.75, 3.05) is 0 Å². The van der Waals surface area contributed by atoms with E-state index in [0.29, 0.717) is 0 Å². The van der Waals surface area contributed by atoms with Crippen molar-refractivity contribution in [1.29, 1.82) is 0 Å². The van der Waals surface area contributed by atoms with Crippen LogP contribution in [0.1, 0.15) is 20.8 Å². The third kappa shape index (κ3) is 6.93. The molecule has 0 aliphatic carbocycles. The summed E-state index contributed by atoms with van der Waals surface area (Å²) in [6.07, 6.45) is 6.56. The van der Waals surface area contributed by atoms with Gasteiger partial charge in [0.15, 0.2) is 0 Å². The molecule has 0 radical (unpaired) electrons. The fourth-order valence-electron chi connectivity index (χ4n) is 0.253. The maximum Gasteiger partial charge on any atom is 0.308 e. The monoisotopic (exact) mass is 182 g/mol. The number of carboxylic acids is 1. The van der Waals surface area contributed by atoms with Gasteiger partial charge in [0, 0.05) is 24.8 Å². The second-order valence-corrected chi connectivity index (χ2v) is 3.45. The van der Waals surface area contributed by atoms with Gasteiger partial charge >= 0.3 is 5.97 Å². The second kappa shape index (κ2) is 5.24. The number of aromatic nitrogens is 2. The number of carboxylic acid groups (broad SMARTS) is 1. The fraction of sp³-hybridized carbons (Fsp3) is 0.444. The van der Waals surface area contributed by atoms with Gasteiger partial charge in [-0.1, -0.05) is 0 Å². The maximum absolute atomic E-state index is 10.0. The molecule has 0 spiro atoms. The minimum atomic E-state index is -0.757. The molecule has 0 aliphatic rings. The Morgan fingerprint density at radius 3 is 1.38 bits per heavy atom. The normalized spacial score (nSPS) is 9.77. The Morgan fingerprint density at radius 1 is 1.08 bits per heavy atom. The van der Waals surface area contributed by atoms with Gasteiger partial charge < -0.3 is 5.11 Å². The first-order valence-corrected chi connectivity index (χ1v) is 3.88. The van der Waals surface area contributed by atoms with Crippen LogP contribution in [0, 0.1) is 5.41 Å². The molecule has 1 aromatic heterocycles. The number of nitrogens with zero attached hydrogens (tertiary/aromatic N) is 2. The summed E-state index contributed by atoms with van der Waals surface area (Å²) in [5, 5.41) is 8.25. The van der Waals surface area contributed by atoms with Crippen molar-refractivity contribution in [2.24, 2.45) is 5.41 Å². The summed E-state index contributed by atoms with van der Waals surface area (Å²) in [6.45, 7) is 4.99. The predicted molar refractivity (Wildman–Crippen MR) is 49.1 cm³/mol. The number of rotatable bonds is 0. The molecule has 0 bridgehead atoms. The molecule has 1 rings (SSSR count). The number of aliphatic carboxylic acids is 1. The van der Waals surface area contributed by atoms with E-state index >= 15 is 0 Å². The van der Waals surface area contributed by atoms with Crippen LogP contribution < -0.4 is 0 Å². The zero-order chi connectivity index (χ0) is 10.3. The molecule has 4 nitrogen and oxygen atoms in total. The summed E-state index contributed by atoms with van der Waals surface area (Å²) in [7, 11) is 0. The van der Waals surface area contributed by atoms with E-state index in [4.69, 9.17) is 5.11 Å². The lowest BCUT2D eigenvalue weighted by Gasteiger charge is -2.08. The van der Waals surface area contributed by atoms with Crippen molar-refractivity contribution >= 4 is 5.97 Å². The first kappa shape index (κ1) is 11.6. The van der Waals surface area contributed by atoms with E-state index in [0.717, 1.165) is 0 Å². The standard InChI is InChI=1S/C5H10O2.C4H4N2/c1-5(2,3)4(6)7;1-2-6-4-3-5-1/h1-3H3,(H,6,7);1-4H. The Bertz CT molecular complexity index is 215. The van der Waals surface area contributed by atoms with Gasteiger partial charge in [-0.2, -0.15) is 0 Å². The van der Waals surface area contributed by atoms with Crippen LogP contribution in [0.25, 0.3) is 0 Å². The number of hydrogen-bond donors (Lipinski definition) is 1. The van der Waals surface area contributed by atoms with Gasteiger partial charge in [-0.05, 0) is 20.8 Å². The average molecular weight is 182 g/mol. The summed E-state index contributed by atoms with van der Waals surface area (Å²) >= 11 is 0. The topological polar surface area (TPSA) is 63.1 Å². The van der Waals surface area contributed by atoms with Crippen LogP contribution >= 0.6 is 0 Å². The van der Waals surface area contributed by atoms with Crippen LogP contribution in [0.4, 0.5) is 0 Å². The number of carbonyl (C=O) groups is 1.